The Bertz CT molecular complexity index is 735. The largest absolute Gasteiger partial charge is 0.497 e. The fourth-order valence-electron chi connectivity index (χ4n) is 2.01. The molecule has 3 rings (SSSR count). The Morgan fingerprint density at radius 1 is 1.10 bits per heavy atom. The molecule has 106 valence electrons. The standard InChI is InChI=1S/C16H15N3O2/c1-20-14-4-2-3-12(10-14)16-19-18-15(21-16)9-11-5-7-13(17)8-6-11/h2-8,10H,9,17H2,1H3. The van der Waals surface area contributed by atoms with Crippen molar-refractivity contribution in [1.82, 2.24) is 10.2 Å². The minimum Gasteiger partial charge on any atom is -0.497 e. The molecule has 0 bridgehead atoms. The molecule has 5 nitrogen and oxygen atoms in total. The molecule has 0 spiro atoms. The van der Waals surface area contributed by atoms with Crippen LogP contribution in [0.25, 0.3) is 11.5 Å². The van der Waals surface area contributed by atoms with Gasteiger partial charge in [-0.25, -0.2) is 0 Å². The summed E-state index contributed by atoms with van der Waals surface area (Å²) in [6.07, 6.45) is 0.581. The first kappa shape index (κ1) is 13.2. The number of anilines is 1. The van der Waals surface area contributed by atoms with Gasteiger partial charge in [0, 0.05) is 11.3 Å². The average Bonchev–Trinajstić information content (AvgIpc) is 2.98. The minimum absolute atomic E-state index is 0.486. The van der Waals surface area contributed by atoms with Crippen LogP contribution < -0.4 is 10.5 Å². The predicted octanol–water partition coefficient (Wildman–Crippen LogP) is 2.92. The van der Waals surface area contributed by atoms with E-state index < -0.39 is 0 Å². The van der Waals surface area contributed by atoms with Gasteiger partial charge < -0.3 is 14.9 Å². The van der Waals surface area contributed by atoms with Crippen molar-refractivity contribution in [1.29, 1.82) is 0 Å². The molecule has 0 radical (unpaired) electrons. The van der Waals surface area contributed by atoms with Crippen LogP contribution in [0.5, 0.6) is 5.75 Å². The fourth-order valence-corrected chi connectivity index (χ4v) is 2.01. The molecule has 0 amide bonds. The molecule has 0 aliphatic heterocycles. The minimum atomic E-state index is 0.486. The summed E-state index contributed by atoms with van der Waals surface area (Å²) in [6.45, 7) is 0. The second kappa shape index (κ2) is 5.66. The summed E-state index contributed by atoms with van der Waals surface area (Å²) < 4.78 is 10.9. The van der Waals surface area contributed by atoms with E-state index in [1.807, 2.05) is 48.5 Å². The molecule has 1 heterocycles. The molecule has 0 atom stereocenters. The highest BCUT2D eigenvalue weighted by molar-refractivity contribution is 5.55. The number of hydrogen-bond donors (Lipinski definition) is 1. The van der Waals surface area contributed by atoms with Crippen molar-refractivity contribution in [3.05, 3.63) is 60.0 Å². The number of hydrogen-bond acceptors (Lipinski definition) is 5. The Morgan fingerprint density at radius 2 is 1.90 bits per heavy atom. The first-order valence-electron chi connectivity index (χ1n) is 6.56. The second-order valence-electron chi connectivity index (χ2n) is 4.65. The SMILES string of the molecule is COc1cccc(-c2nnc(Cc3ccc(N)cc3)o2)c1. The van der Waals surface area contributed by atoms with Crippen LogP contribution in [0.2, 0.25) is 0 Å². The molecule has 0 unspecified atom stereocenters. The third kappa shape index (κ3) is 3.02. The zero-order valence-electron chi connectivity index (χ0n) is 11.6. The molecular weight excluding hydrogens is 266 g/mol. The normalized spacial score (nSPS) is 10.5. The average molecular weight is 281 g/mol. The molecule has 0 saturated carbocycles. The van der Waals surface area contributed by atoms with E-state index in [9.17, 15) is 0 Å². The van der Waals surface area contributed by atoms with Crippen LogP contribution >= 0.6 is 0 Å². The van der Waals surface area contributed by atoms with E-state index in [1.165, 1.54) is 0 Å². The molecule has 0 aliphatic carbocycles. The lowest BCUT2D eigenvalue weighted by Crippen LogP contribution is -1.90. The first-order chi connectivity index (χ1) is 10.2. The van der Waals surface area contributed by atoms with Crippen molar-refractivity contribution in [3.63, 3.8) is 0 Å². The van der Waals surface area contributed by atoms with Gasteiger partial charge in [0.25, 0.3) is 0 Å². The van der Waals surface area contributed by atoms with Crippen LogP contribution in [-0.2, 0) is 6.42 Å². The van der Waals surface area contributed by atoms with E-state index in [0.717, 1.165) is 22.6 Å². The van der Waals surface area contributed by atoms with Crippen LogP contribution in [0, 0.1) is 0 Å². The van der Waals surface area contributed by atoms with Gasteiger partial charge in [0.05, 0.1) is 13.5 Å². The molecular formula is C16H15N3O2. The lowest BCUT2D eigenvalue weighted by Gasteiger charge is -2.00. The van der Waals surface area contributed by atoms with Gasteiger partial charge in [-0.05, 0) is 35.9 Å². The van der Waals surface area contributed by atoms with Crippen LogP contribution in [-0.4, -0.2) is 17.3 Å². The maximum absolute atomic E-state index is 5.69. The van der Waals surface area contributed by atoms with E-state index in [1.54, 1.807) is 7.11 Å². The zero-order valence-corrected chi connectivity index (χ0v) is 11.6. The van der Waals surface area contributed by atoms with Gasteiger partial charge in [-0.1, -0.05) is 18.2 Å². The summed E-state index contributed by atoms with van der Waals surface area (Å²) in [5.41, 5.74) is 8.31. The number of benzene rings is 2. The van der Waals surface area contributed by atoms with Crippen molar-refractivity contribution in [2.24, 2.45) is 0 Å². The van der Waals surface area contributed by atoms with Crippen LogP contribution in [0.3, 0.4) is 0 Å². The predicted molar refractivity (Wildman–Crippen MR) is 79.9 cm³/mol. The molecule has 2 aromatic carbocycles. The lowest BCUT2D eigenvalue weighted by molar-refractivity contribution is 0.414. The second-order valence-corrected chi connectivity index (χ2v) is 4.65. The smallest absolute Gasteiger partial charge is 0.247 e. The van der Waals surface area contributed by atoms with Gasteiger partial charge in [0.15, 0.2) is 0 Å². The third-order valence-electron chi connectivity index (χ3n) is 3.12. The lowest BCUT2D eigenvalue weighted by atomic mass is 10.1. The van der Waals surface area contributed by atoms with Crippen molar-refractivity contribution in [3.8, 4) is 17.2 Å². The quantitative estimate of drug-likeness (QED) is 0.744. The topological polar surface area (TPSA) is 74.2 Å². The number of ether oxygens (including phenoxy) is 1. The molecule has 5 heteroatoms. The molecule has 0 saturated heterocycles. The number of nitrogen functional groups attached to an aromatic ring is 1. The summed E-state index contributed by atoms with van der Waals surface area (Å²) in [5, 5.41) is 8.16. The summed E-state index contributed by atoms with van der Waals surface area (Å²) in [7, 11) is 1.62. The number of nitrogens with zero attached hydrogens (tertiary/aromatic N) is 2. The van der Waals surface area contributed by atoms with Gasteiger partial charge in [0.1, 0.15) is 5.75 Å². The van der Waals surface area contributed by atoms with Gasteiger partial charge in [-0.15, -0.1) is 10.2 Å². The summed E-state index contributed by atoms with van der Waals surface area (Å²) in [5.74, 6) is 1.81. The molecule has 21 heavy (non-hydrogen) atoms. The maximum atomic E-state index is 5.69. The van der Waals surface area contributed by atoms with Crippen molar-refractivity contribution in [2.45, 2.75) is 6.42 Å². The van der Waals surface area contributed by atoms with Crippen LogP contribution in [0.15, 0.2) is 52.9 Å². The van der Waals surface area contributed by atoms with E-state index in [-0.39, 0.29) is 0 Å². The highest BCUT2D eigenvalue weighted by Gasteiger charge is 2.09. The summed E-state index contributed by atoms with van der Waals surface area (Å²) in [6, 6.07) is 15.1. The Labute approximate surface area is 122 Å². The molecule has 1 aromatic heterocycles. The molecule has 2 N–H and O–H groups in total. The number of nitrogens with two attached hydrogens (primary N) is 1. The van der Waals surface area contributed by atoms with E-state index >= 15 is 0 Å². The molecule has 0 aliphatic rings. The van der Waals surface area contributed by atoms with Gasteiger partial charge in [-0.3, -0.25) is 0 Å². The molecule has 3 aromatic rings. The van der Waals surface area contributed by atoms with Gasteiger partial charge in [0.2, 0.25) is 11.8 Å². The van der Waals surface area contributed by atoms with E-state index in [0.29, 0.717) is 18.2 Å². The zero-order chi connectivity index (χ0) is 14.7. The van der Waals surface area contributed by atoms with Crippen molar-refractivity contribution < 1.29 is 9.15 Å². The van der Waals surface area contributed by atoms with E-state index in [4.69, 9.17) is 14.9 Å². The Morgan fingerprint density at radius 3 is 2.67 bits per heavy atom. The van der Waals surface area contributed by atoms with Crippen LogP contribution in [0.4, 0.5) is 5.69 Å². The number of methoxy groups -OCH3 is 1. The summed E-state index contributed by atoms with van der Waals surface area (Å²) >= 11 is 0. The third-order valence-corrected chi connectivity index (χ3v) is 3.12. The first-order valence-corrected chi connectivity index (χ1v) is 6.56. The monoisotopic (exact) mass is 281 g/mol. The van der Waals surface area contributed by atoms with Crippen molar-refractivity contribution in [2.75, 3.05) is 12.8 Å². The van der Waals surface area contributed by atoms with E-state index in [2.05, 4.69) is 10.2 Å². The Balaban J connectivity index is 1.81. The number of aromatic nitrogens is 2. The Hall–Kier alpha value is -2.82. The molecule has 0 fully saturated rings. The Kier molecular flexibility index (Phi) is 3.55. The van der Waals surface area contributed by atoms with Gasteiger partial charge >= 0.3 is 0 Å². The highest BCUT2D eigenvalue weighted by atomic mass is 16.5. The fraction of sp³-hybridized carbons (Fsp3) is 0.125. The van der Waals surface area contributed by atoms with Crippen molar-refractivity contribution >= 4 is 5.69 Å². The van der Waals surface area contributed by atoms with Crippen LogP contribution in [0.1, 0.15) is 11.5 Å². The maximum Gasteiger partial charge on any atom is 0.247 e. The summed E-state index contributed by atoms with van der Waals surface area (Å²) in [4.78, 5) is 0. The van der Waals surface area contributed by atoms with Gasteiger partial charge in [-0.2, -0.15) is 0 Å². The number of rotatable bonds is 4. The highest BCUT2D eigenvalue weighted by Crippen LogP contribution is 2.23.